The maximum atomic E-state index is 13.2. The zero-order chi connectivity index (χ0) is 28.9. The van der Waals surface area contributed by atoms with Gasteiger partial charge in [-0.15, -0.1) is 0 Å². The highest BCUT2D eigenvalue weighted by Crippen LogP contribution is 2.35. The average molecular weight is 533 g/mol. The van der Waals surface area contributed by atoms with Gasteiger partial charge in [-0.05, 0) is 63.8 Å². The second-order valence-corrected chi connectivity index (χ2v) is 9.82. The number of carbonyl (C=O) groups excluding carboxylic acids is 3. The first-order valence-corrected chi connectivity index (χ1v) is 12.8. The first-order valence-electron chi connectivity index (χ1n) is 12.8. The first-order chi connectivity index (χ1) is 18.4. The lowest BCUT2D eigenvalue weighted by Gasteiger charge is -2.29. The zero-order valence-corrected chi connectivity index (χ0v) is 23.7. The molecular formula is C31H36N2O6. The van der Waals surface area contributed by atoms with Crippen LogP contribution in [0.4, 0.5) is 0 Å². The monoisotopic (exact) mass is 532 g/mol. The molecule has 2 aromatic carbocycles. The standard InChI is InChI=1S/C31H36N2O6/c1-17-9-11-19(3)24(15-17)27(25-16-18(2)10-12-20(25)4)22(6)38-31(36)21(5)33-30(35)28-29(39-23(7)34)26(37-8)13-14-32-28/h9-16,21-22,27H,1-8H3,(H,33,35)/t21-,22-/m0/s1. The number of benzene rings is 2. The van der Waals surface area contributed by atoms with E-state index in [0.29, 0.717) is 0 Å². The third-order valence-electron chi connectivity index (χ3n) is 6.56. The van der Waals surface area contributed by atoms with Gasteiger partial charge in [0.2, 0.25) is 5.75 Å². The van der Waals surface area contributed by atoms with E-state index in [0.717, 1.165) is 33.4 Å². The Morgan fingerprint density at radius 3 is 1.95 bits per heavy atom. The molecule has 0 radical (unpaired) electrons. The molecule has 1 N–H and O–H groups in total. The summed E-state index contributed by atoms with van der Waals surface area (Å²) in [5.41, 5.74) is 6.38. The summed E-state index contributed by atoms with van der Waals surface area (Å²) >= 11 is 0. The largest absolute Gasteiger partial charge is 0.493 e. The highest BCUT2D eigenvalue weighted by atomic mass is 16.6. The van der Waals surface area contributed by atoms with Gasteiger partial charge in [-0.25, -0.2) is 9.78 Å². The van der Waals surface area contributed by atoms with Crippen molar-refractivity contribution in [1.29, 1.82) is 0 Å². The van der Waals surface area contributed by atoms with E-state index in [1.54, 1.807) is 0 Å². The van der Waals surface area contributed by atoms with E-state index in [4.69, 9.17) is 14.2 Å². The van der Waals surface area contributed by atoms with Crippen LogP contribution in [0.5, 0.6) is 11.5 Å². The molecule has 206 valence electrons. The molecule has 0 saturated carbocycles. The van der Waals surface area contributed by atoms with Crippen molar-refractivity contribution in [2.45, 2.75) is 66.5 Å². The minimum absolute atomic E-state index is 0.121. The number of carbonyl (C=O) groups is 3. The molecule has 0 aliphatic rings. The van der Waals surface area contributed by atoms with Crippen molar-refractivity contribution in [2.75, 3.05) is 7.11 Å². The van der Waals surface area contributed by atoms with Crippen LogP contribution in [-0.4, -0.2) is 42.1 Å². The van der Waals surface area contributed by atoms with Gasteiger partial charge in [0.1, 0.15) is 12.1 Å². The van der Waals surface area contributed by atoms with Crippen LogP contribution in [0.25, 0.3) is 0 Å². The van der Waals surface area contributed by atoms with Crippen LogP contribution >= 0.6 is 0 Å². The molecule has 2 atom stereocenters. The molecule has 0 fully saturated rings. The van der Waals surface area contributed by atoms with Gasteiger partial charge in [0.25, 0.3) is 5.91 Å². The Morgan fingerprint density at radius 2 is 1.44 bits per heavy atom. The second kappa shape index (κ2) is 12.6. The molecule has 1 amide bonds. The number of nitrogens with one attached hydrogen (secondary N) is 1. The number of hydrogen-bond acceptors (Lipinski definition) is 7. The lowest BCUT2D eigenvalue weighted by atomic mass is 9.81. The Kier molecular flexibility index (Phi) is 9.46. The smallest absolute Gasteiger partial charge is 0.328 e. The van der Waals surface area contributed by atoms with Crippen LogP contribution < -0.4 is 14.8 Å². The van der Waals surface area contributed by atoms with Crippen LogP contribution in [0.15, 0.2) is 48.7 Å². The fourth-order valence-corrected chi connectivity index (χ4v) is 4.54. The molecule has 0 aliphatic carbocycles. The Labute approximate surface area is 229 Å². The number of aryl methyl sites for hydroxylation is 4. The van der Waals surface area contributed by atoms with Gasteiger partial charge < -0.3 is 19.5 Å². The number of pyridine rings is 1. The van der Waals surface area contributed by atoms with Crippen molar-refractivity contribution < 1.29 is 28.6 Å². The summed E-state index contributed by atoms with van der Waals surface area (Å²) in [6.07, 6.45) is 0.814. The number of hydrogen-bond donors (Lipinski definition) is 1. The maximum Gasteiger partial charge on any atom is 0.328 e. The summed E-state index contributed by atoms with van der Waals surface area (Å²) in [7, 11) is 1.38. The summed E-state index contributed by atoms with van der Waals surface area (Å²) in [6.45, 7) is 12.8. The molecule has 0 spiro atoms. The normalized spacial score (nSPS) is 12.4. The third kappa shape index (κ3) is 7.02. The number of amides is 1. The molecule has 3 rings (SSSR count). The summed E-state index contributed by atoms with van der Waals surface area (Å²) in [5, 5.41) is 2.60. The average Bonchev–Trinajstić information content (AvgIpc) is 2.87. The van der Waals surface area contributed by atoms with Gasteiger partial charge in [-0.1, -0.05) is 47.5 Å². The minimum Gasteiger partial charge on any atom is -0.493 e. The molecule has 0 unspecified atom stereocenters. The number of rotatable bonds is 9. The van der Waals surface area contributed by atoms with Gasteiger partial charge in [-0.2, -0.15) is 0 Å². The van der Waals surface area contributed by atoms with Gasteiger partial charge >= 0.3 is 11.9 Å². The van der Waals surface area contributed by atoms with Gasteiger partial charge in [0.15, 0.2) is 11.4 Å². The zero-order valence-electron chi connectivity index (χ0n) is 23.7. The third-order valence-corrected chi connectivity index (χ3v) is 6.56. The number of aromatic nitrogens is 1. The molecule has 8 heteroatoms. The molecule has 1 aromatic heterocycles. The van der Waals surface area contributed by atoms with E-state index in [1.807, 2.05) is 34.6 Å². The highest BCUT2D eigenvalue weighted by molar-refractivity contribution is 5.98. The lowest BCUT2D eigenvalue weighted by Crippen LogP contribution is -2.42. The minimum atomic E-state index is -1.00. The van der Waals surface area contributed by atoms with Crippen LogP contribution in [0.2, 0.25) is 0 Å². The van der Waals surface area contributed by atoms with E-state index >= 15 is 0 Å². The Morgan fingerprint density at radius 1 is 0.872 bits per heavy atom. The molecule has 3 aromatic rings. The summed E-state index contributed by atoms with van der Waals surface area (Å²) in [5.74, 6) is -2.12. The van der Waals surface area contributed by atoms with Crippen molar-refractivity contribution >= 4 is 17.8 Å². The van der Waals surface area contributed by atoms with E-state index in [9.17, 15) is 14.4 Å². The molecular weight excluding hydrogens is 496 g/mol. The first kappa shape index (κ1) is 29.4. The number of esters is 2. The van der Waals surface area contributed by atoms with Crippen LogP contribution in [-0.2, 0) is 14.3 Å². The summed E-state index contributed by atoms with van der Waals surface area (Å²) in [4.78, 5) is 41.9. The van der Waals surface area contributed by atoms with Gasteiger partial charge in [0.05, 0.1) is 7.11 Å². The van der Waals surface area contributed by atoms with E-state index in [-0.39, 0.29) is 23.1 Å². The second-order valence-electron chi connectivity index (χ2n) is 9.82. The van der Waals surface area contributed by atoms with Gasteiger partial charge in [-0.3, -0.25) is 9.59 Å². The lowest BCUT2D eigenvalue weighted by molar-refractivity contribution is -0.150. The summed E-state index contributed by atoms with van der Waals surface area (Å²) < 4.78 is 16.3. The number of methoxy groups -OCH3 is 1. The van der Waals surface area contributed by atoms with E-state index < -0.39 is 30.0 Å². The highest BCUT2D eigenvalue weighted by Gasteiger charge is 2.30. The molecule has 0 bridgehead atoms. The van der Waals surface area contributed by atoms with Crippen molar-refractivity contribution in [1.82, 2.24) is 10.3 Å². The Balaban J connectivity index is 1.87. The maximum absolute atomic E-state index is 13.2. The van der Waals surface area contributed by atoms with E-state index in [1.165, 1.54) is 33.2 Å². The molecule has 8 nitrogen and oxygen atoms in total. The van der Waals surface area contributed by atoms with Crippen LogP contribution in [0.1, 0.15) is 70.6 Å². The molecule has 0 aliphatic heterocycles. The molecule has 0 saturated heterocycles. The molecule has 1 heterocycles. The van der Waals surface area contributed by atoms with Crippen molar-refractivity contribution in [3.8, 4) is 11.5 Å². The van der Waals surface area contributed by atoms with Crippen LogP contribution in [0, 0.1) is 27.7 Å². The van der Waals surface area contributed by atoms with Crippen molar-refractivity contribution in [3.05, 3.63) is 87.7 Å². The fraction of sp³-hybridized carbons (Fsp3) is 0.355. The predicted octanol–water partition coefficient (Wildman–Crippen LogP) is 5.13. The van der Waals surface area contributed by atoms with Crippen molar-refractivity contribution in [2.24, 2.45) is 0 Å². The van der Waals surface area contributed by atoms with Crippen LogP contribution in [0.3, 0.4) is 0 Å². The topological polar surface area (TPSA) is 104 Å². The quantitative estimate of drug-likeness (QED) is 0.381. The SMILES string of the molecule is COc1ccnc(C(=O)N[C@@H](C)C(=O)O[C@@H](C)C(c2cc(C)ccc2C)c2cc(C)ccc2C)c1OC(C)=O. The predicted molar refractivity (Wildman–Crippen MR) is 148 cm³/mol. The Hall–Kier alpha value is -4.20. The van der Waals surface area contributed by atoms with E-state index in [2.05, 4.69) is 46.7 Å². The fourth-order valence-electron chi connectivity index (χ4n) is 4.54. The summed E-state index contributed by atoms with van der Waals surface area (Å²) in [6, 6.07) is 13.0. The Bertz CT molecular complexity index is 1330. The van der Waals surface area contributed by atoms with Crippen molar-refractivity contribution in [3.63, 3.8) is 0 Å². The number of nitrogens with zero attached hydrogens (tertiary/aromatic N) is 1. The molecule has 39 heavy (non-hydrogen) atoms. The number of ether oxygens (including phenoxy) is 3. The van der Waals surface area contributed by atoms with Gasteiger partial charge in [0, 0.05) is 25.1 Å².